The van der Waals surface area contributed by atoms with Crippen molar-refractivity contribution < 1.29 is 9.47 Å². The van der Waals surface area contributed by atoms with Gasteiger partial charge < -0.3 is 20.5 Å². The largest absolute Gasteiger partial charge is 0.494 e. The lowest BCUT2D eigenvalue weighted by atomic mass is 10.2. The van der Waals surface area contributed by atoms with Crippen LogP contribution in [-0.2, 0) is 11.3 Å². The lowest BCUT2D eigenvalue weighted by molar-refractivity contribution is 0.145. The fraction of sp³-hybridized carbons (Fsp3) is 0.533. The van der Waals surface area contributed by atoms with Gasteiger partial charge in [0.2, 0.25) is 0 Å². The standard InChI is InChI=1S/C15H25N3O2.HI/c1-3-19-11-7-10-17-15(16)18-12-13-8-5-6-9-14(13)20-4-2;/h5-6,8-9H,3-4,7,10-12H2,1-2H3,(H3,16,17,18);1H. The molecule has 0 fully saturated rings. The highest BCUT2D eigenvalue weighted by atomic mass is 127. The SMILES string of the molecule is CCOCCCNC(N)=NCc1ccccc1OCC.I. The smallest absolute Gasteiger partial charge is 0.188 e. The molecule has 0 aliphatic heterocycles. The number of halogens is 1. The molecule has 3 N–H and O–H groups in total. The van der Waals surface area contributed by atoms with Gasteiger partial charge in [-0.2, -0.15) is 0 Å². The van der Waals surface area contributed by atoms with E-state index in [1.807, 2.05) is 38.1 Å². The molecule has 0 aliphatic carbocycles. The van der Waals surface area contributed by atoms with Crippen molar-refractivity contribution in [2.75, 3.05) is 26.4 Å². The van der Waals surface area contributed by atoms with Gasteiger partial charge in [0.25, 0.3) is 0 Å². The van der Waals surface area contributed by atoms with Crippen LogP contribution >= 0.6 is 24.0 Å². The van der Waals surface area contributed by atoms with Crippen LogP contribution in [0.5, 0.6) is 5.75 Å². The first-order chi connectivity index (χ1) is 9.77. The zero-order chi connectivity index (χ0) is 14.6. The van der Waals surface area contributed by atoms with Crippen LogP contribution < -0.4 is 15.8 Å². The van der Waals surface area contributed by atoms with Crippen LogP contribution in [0.2, 0.25) is 0 Å². The van der Waals surface area contributed by atoms with Gasteiger partial charge in [-0.25, -0.2) is 4.99 Å². The normalized spacial score (nSPS) is 10.9. The van der Waals surface area contributed by atoms with Crippen molar-refractivity contribution in [3.63, 3.8) is 0 Å². The van der Waals surface area contributed by atoms with Crippen LogP contribution in [0.4, 0.5) is 0 Å². The molecular formula is C15H26IN3O2. The molecule has 0 aromatic heterocycles. The number of hydrogen-bond acceptors (Lipinski definition) is 3. The quantitative estimate of drug-likeness (QED) is 0.286. The number of nitrogens with zero attached hydrogens (tertiary/aromatic N) is 1. The van der Waals surface area contributed by atoms with Gasteiger partial charge in [0.15, 0.2) is 5.96 Å². The van der Waals surface area contributed by atoms with Crippen molar-refractivity contribution in [2.24, 2.45) is 10.7 Å². The van der Waals surface area contributed by atoms with Crippen LogP contribution in [0.15, 0.2) is 29.3 Å². The van der Waals surface area contributed by atoms with E-state index < -0.39 is 0 Å². The monoisotopic (exact) mass is 407 g/mol. The summed E-state index contributed by atoms with van der Waals surface area (Å²) in [6.07, 6.45) is 0.916. The highest BCUT2D eigenvalue weighted by Crippen LogP contribution is 2.18. The summed E-state index contributed by atoms with van der Waals surface area (Å²) < 4.78 is 10.8. The zero-order valence-electron chi connectivity index (χ0n) is 12.8. The van der Waals surface area contributed by atoms with E-state index in [9.17, 15) is 0 Å². The summed E-state index contributed by atoms with van der Waals surface area (Å²) in [6.45, 7) is 7.37. The van der Waals surface area contributed by atoms with Gasteiger partial charge in [0, 0.05) is 25.3 Å². The number of ether oxygens (including phenoxy) is 2. The third kappa shape index (κ3) is 8.77. The summed E-state index contributed by atoms with van der Waals surface area (Å²) in [6, 6.07) is 7.86. The second kappa shape index (κ2) is 12.7. The summed E-state index contributed by atoms with van der Waals surface area (Å²) in [5.74, 6) is 1.32. The Labute approximate surface area is 144 Å². The zero-order valence-corrected chi connectivity index (χ0v) is 15.1. The molecule has 0 saturated carbocycles. The predicted octanol–water partition coefficient (Wildman–Crippen LogP) is 2.53. The van der Waals surface area contributed by atoms with Crippen molar-refractivity contribution in [1.82, 2.24) is 5.32 Å². The number of para-hydroxylation sites is 1. The van der Waals surface area contributed by atoms with E-state index in [0.717, 1.165) is 37.5 Å². The van der Waals surface area contributed by atoms with Crippen LogP contribution in [0, 0.1) is 0 Å². The Kier molecular flexibility index (Phi) is 12.1. The van der Waals surface area contributed by atoms with E-state index in [1.54, 1.807) is 0 Å². The topological polar surface area (TPSA) is 68.9 Å². The van der Waals surface area contributed by atoms with Crippen molar-refractivity contribution in [2.45, 2.75) is 26.8 Å². The molecule has 0 spiro atoms. The van der Waals surface area contributed by atoms with Gasteiger partial charge in [-0.05, 0) is 26.3 Å². The number of rotatable bonds is 9. The fourth-order valence-electron chi connectivity index (χ4n) is 1.69. The minimum Gasteiger partial charge on any atom is -0.494 e. The summed E-state index contributed by atoms with van der Waals surface area (Å²) in [5.41, 5.74) is 6.85. The third-order valence-corrected chi connectivity index (χ3v) is 2.67. The molecule has 1 rings (SSSR count). The maximum absolute atomic E-state index is 5.82. The van der Waals surface area contributed by atoms with E-state index in [-0.39, 0.29) is 24.0 Å². The van der Waals surface area contributed by atoms with Gasteiger partial charge >= 0.3 is 0 Å². The molecule has 0 saturated heterocycles. The second-order valence-electron chi connectivity index (χ2n) is 4.22. The Bertz CT molecular complexity index is 414. The minimum atomic E-state index is 0. The maximum atomic E-state index is 5.82. The molecule has 1 aromatic rings. The number of nitrogens with two attached hydrogens (primary N) is 1. The lowest BCUT2D eigenvalue weighted by Gasteiger charge is -2.09. The van der Waals surface area contributed by atoms with Crippen molar-refractivity contribution in [3.05, 3.63) is 29.8 Å². The molecule has 1 aromatic carbocycles. The van der Waals surface area contributed by atoms with Gasteiger partial charge in [0.1, 0.15) is 5.75 Å². The number of hydrogen-bond donors (Lipinski definition) is 2. The Morgan fingerprint density at radius 3 is 2.71 bits per heavy atom. The summed E-state index contributed by atoms with van der Waals surface area (Å²) in [7, 11) is 0. The maximum Gasteiger partial charge on any atom is 0.188 e. The Morgan fingerprint density at radius 1 is 1.24 bits per heavy atom. The summed E-state index contributed by atoms with van der Waals surface area (Å²) in [5, 5.41) is 3.07. The molecule has 0 radical (unpaired) electrons. The van der Waals surface area contributed by atoms with Gasteiger partial charge in [-0.15, -0.1) is 24.0 Å². The predicted molar refractivity (Wildman–Crippen MR) is 97.5 cm³/mol. The molecule has 0 amide bonds. The third-order valence-electron chi connectivity index (χ3n) is 2.67. The van der Waals surface area contributed by atoms with Gasteiger partial charge in [-0.1, -0.05) is 18.2 Å². The van der Waals surface area contributed by atoms with E-state index in [4.69, 9.17) is 15.2 Å². The summed E-state index contributed by atoms with van der Waals surface area (Å²) in [4.78, 5) is 4.32. The first-order valence-corrected chi connectivity index (χ1v) is 7.10. The number of guanidine groups is 1. The van der Waals surface area contributed by atoms with E-state index >= 15 is 0 Å². The molecular weight excluding hydrogens is 381 g/mol. The van der Waals surface area contributed by atoms with Crippen LogP contribution in [-0.4, -0.2) is 32.3 Å². The highest BCUT2D eigenvalue weighted by molar-refractivity contribution is 14.0. The second-order valence-corrected chi connectivity index (χ2v) is 4.22. The van der Waals surface area contributed by atoms with Crippen molar-refractivity contribution in [1.29, 1.82) is 0 Å². The van der Waals surface area contributed by atoms with Gasteiger partial charge in [-0.3, -0.25) is 0 Å². The molecule has 6 heteroatoms. The molecule has 0 heterocycles. The molecule has 0 bridgehead atoms. The molecule has 21 heavy (non-hydrogen) atoms. The Morgan fingerprint density at radius 2 is 2.00 bits per heavy atom. The number of nitrogens with one attached hydrogen (secondary N) is 1. The Balaban J connectivity index is 0.00000400. The summed E-state index contributed by atoms with van der Waals surface area (Å²) >= 11 is 0. The fourth-order valence-corrected chi connectivity index (χ4v) is 1.69. The lowest BCUT2D eigenvalue weighted by Crippen LogP contribution is -2.32. The van der Waals surface area contributed by atoms with Crippen molar-refractivity contribution >= 4 is 29.9 Å². The average Bonchev–Trinajstić information content (AvgIpc) is 2.46. The van der Waals surface area contributed by atoms with E-state index in [2.05, 4.69) is 10.3 Å². The first kappa shape index (κ1) is 20.0. The van der Waals surface area contributed by atoms with Crippen LogP contribution in [0.3, 0.4) is 0 Å². The highest BCUT2D eigenvalue weighted by Gasteiger charge is 2.01. The van der Waals surface area contributed by atoms with Crippen molar-refractivity contribution in [3.8, 4) is 5.75 Å². The molecule has 0 aliphatic rings. The first-order valence-electron chi connectivity index (χ1n) is 7.10. The van der Waals surface area contributed by atoms with E-state index in [1.165, 1.54) is 0 Å². The molecule has 120 valence electrons. The number of aliphatic imine (C=N–C) groups is 1. The van der Waals surface area contributed by atoms with Crippen LogP contribution in [0.25, 0.3) is 0 Å². The molecule has 0 atom stereocenters. The number of benzene rings is 1. The van der Waals surface area contributed by atoms with Crippen LogP contribution in [0.1, 0.15) is 25.8 Å². The van der Waals surface area contributed by atoms with Gasteiger partial charge in [0.05, 0.1) is 13.2 Å². The minimum absolute atomic E-state index is 0. The Hall–Kier alpha value is -1.02. The van der Waals surface area contributed by atoms with E-state index in [0.29, 0.717) is 19.1 Å². The average molecular weight is 407 g/mol. The molecule has 5 nitrogen and oxygen atoms in total. The molecule has 0 unspecified atom stereocenters.